The molecule has 0 amide bonds. The number of nitrogens with zero attached hydrogens (tertiary/aromatic N) is 1. The zero-order valence-corrected chi connectivity index (χ0v) is 12.8. The van der Waals surface area contributed by atoms with Crippen LogP contribution in [0.1, 0.15) is 11.1 Å². The van der Waals surface area contributed by atoms with E-state index in [-0.39, 0.29) is 5.84 Å². The van der Waals surface area contributed by atoms with E-state index in [0.717, 1.165) is 15.7 Å². The van der Waals surface area contributed by atoms with Gasteiger partial charge in [-0.3, -0.25) is 0 Å². The van der Waals surface area contributed by atoms with E-state index in [4.69, 9.17) is 22.5 Å². The predicted octanol–water partition coefficient (Wildman–Crippen LogP) is 3.81. The van der Waals surface area contributed by atoms with Crippen molar-refractivity contribution in [3.8, 4) is 0 Å². The Kier molecular flexibility index (Phi) is 4.87. The fraction of sp³-hybridized carbons (Fsp3) is 0.0714. The molecule has 0 bridgehead atoms. The van der Waals surface area contributed by atoms with Crippen LogP contribution in [0.3, 0.4) is 0 Å². The third-order valence-electron chi connectivity index (χ3n) is 2.77. The first-order valence-electron chi connectivity index (χ1n) is 5.86. The second-order valence-electron chi connectivity index (χ2n) is 4.16. The lowest BCUT2D eigenvalue weighted by Crippen LogP contribution is -2.13. The van der Waals surface area contributed by atoms with Gasteiger partial charge in [0.15, 0.2) is 5.84 Å². The molecule has 4 nitrogen and oxygen atoms in total. The van der Waals surface area contributed by atoms with Gasteiger partial charge in [0.25, 0.3) is 0 Å². The maximum absolute atomic E-state index is 8.60. The van der Waals surface area contributed by atoms with Crippen molar-refractivity contribution in [3.05, 3.63) is 63.1 Å². The number of rotatable bonds is 4. The summed E-state index contributed by atoms with van der Waals surface area (Å²) >= 11 is 9.42. The molecular formula is C14H13BrClN3O. The first-order chi connectivity index (χ1) is 9.60. The molecule has 6 heteroatoms. The molecule has 2 rings (SSSR count). The number of oxime groups is 1. The van der Waals surface area contributed by atoms with E-state index < -0.39 is 0 Å². The highest BCUT2D eigenvalue weighted by atomic mass is 79.9. The molecule has 4 N–H and O–H groups in total. The minimum atomic E-state index is 0.0992. The van der Waals surface area contributed by atoms with Gasteiger partial charge in [-0.05, 0) is 39.7 Å². The van der Waals surface area contributed by atoms with Crippen LogP contribution in [0.25, 0.3) is 0 Å². The van der Waals surface area contributed by atoms with Crippen molar-refractivity contribution in [1.82, 2.24) is 0 Å². The number of anilines is 1. The number of halogens is 2. The Balaban J connectivity index is 2.06. The van der Waals surface area contributed by atoms with Crippen molar-refractivity contribution in [2.75, 3.05) is 5.32 Å². The molecule has 0 fully saturated rings. The molecule has 0 aliphatic heterocycles. The first kappa shape index (κ1) is 14.7. The van der Waals surface area contributed by atoms with Gasteiger partial charge in [0.2, 0.25) is 0 Å². The first-order valence-corrected chi connectivity index (χ1v) is 7.03. The molecule has 104 valence electrons. The molecule has 0 spiro atoms. The minimum Gasteiger partial charge on any atom is -0.409 e. The number of nitrogens with one attached hydrogen (secondary N) is 1. The molecule has 0 heterocycles. The van der Waals surface area contributed by atoms with E-state index in [9.17, 15) is 0 Å². The summed E-state index contributed by atoms with van der Waals surface area (Å²) in [4.78, 5) is 0. The van der Waals surface area contributed by atoms with Crippen molar-refractivity contribution >= 4 is 39.1 Å². The van der Waals surface area contributed by atoms with Gasteiger partial charge in [-0.1, -0.05) is 41.0 Å². The highest BCUT2D eigenvalue weighted by Crippen LogP contribution is 2.26. The Morgan fingerprint density at radius 1 is 1.25 bits per heavy atom. The van der Waals surface area contributed by atoms with Crippen molar-refractivity contribution < 1.29 is 5.21 Å². The Morgan fingerprint density at radius 3 is 2.60 bits per heavy atom. The van der Waals surface area contributed by atoms with Gasteiger partial charge in [-0.2, -0.15) is 0 Å². The molecule has 20 heavy (non-hydrogen) atoms. The molecule has 0 aliphatic carbocycles. The number of benzene rings is 2. The number of amidine groups is 1. The van der Waals surface area contributed by atoms with E-state index in [0.29, 0.717) is 17.1 Å². The maximum atomic E-state index is 8.60. The zero-order chi connectivity index (χ0) is 14.5. The predicted molar refractivity (Wildman–Crippen MR) is 85.4 cm³/mol. The smallest absolute Gasteiger partial charge is 0.170 e. The number of hydrogen-bond donors (Lipinski definition) is 3. The van der Waals surface area contributed by atoms with E-state index in [1.807, 2.05) is 30.3 Å². The van der Waals surface area contributed by atoms with E-state index in [1.165, 1.54) is 0 Å². The van der Waals surface area contributed by atoms with Crippen LogP contribution >= 0.6 is 27.5 Å². The van der Waals surface area contributed by atoms with Crippen molar-refractivity contribution in [3.63, 3.8) is 0 Å². The Morgan fingerprint density at radius 2 is 1.95 bits per heavy atom. The van der Waals surface area contributed by atoms with Gasteiger partial charge in [0.05, 0.1) is 5.69 Å². The van der Waals surface area contributed by atoms with Crippen LogP contribution in [0.15, 0.2) is 52.1 Å². The summed E-state index contributed by atoms with van der Waals surface area (Å²) in [5, 5.41) is 15.5. The normalized spacial score (nSPS) is 11.4. The summed E-state index contributed by atoms with van der Waals surface area (Å²) in [5.41, 5.74) is 8.19. The third kappa shape index (κ3) is 3.65. The van der Waals surface area contributed by atoms with Crippen LogP contribution in [0.2, 0.25) is 5.02 Å². The summed E-state index contributed by atoms with van der Waals surface area (Å²) in [6.07, 6.45) is 0. The molecule has 0 atom stereocenters. The lowest BCUT2D eigenvalue weighted by Gasteiger charge is -2.09. The SMILES string of the molecule is N/C(=N/O)c1ccc(CNc2cc(Cl)ccc2Br)cc1. The van der Waals surface area contributed by atoms with Crippen LogP contribution in [0.5, 0.6) is 0 Å². The average Bonchev–Trinajstić information content (AvgIpc) is 2.48. The Bertz CT molecular complexity index is 629. The van der Waals surface area contributed by atoms with Crippen LogP contribution in [0, 0.1) is 0 Å². The lowest BCUT2D eigenvalue weighted by atomic mass is 10.1. The van der Waals surface area contributed by atoms with Gasteiger partial charge in [-0.25, -0.2) is 0 Å². The molecule has 2 aromatic carbocycles. The van der Waals surface area contributed by atoms with Crippen molar-refractivity contribution in [1.29, 1.82) is 0 Å². The van der Waals surface area contributed by atoms with Crippen LogP contribution in [-0.4, -0.2) is 11.0 Å². The largest absolute Gasteiger partial charge is 0.409 e. The highest BCUT2D eigenvalue weighted by Gasteiger charge is 2.02. The third-order valence-corrected chi connectivity index (χ3v) is 3.70. The number of nitrogens with two attached hydrogens (primary N) is 1. The Labute approximate surface area is 130 Å². The molecule has 0 saturated heterocycles. The van der Waals surface area contributed by atoms with Gasteiger partial charge in [0.1, 0.15) is 0 Å². The fourth-order valence-electron chi connectivity index (χ4n) is 1.68. The van der Waals surface area contributed by atoms with Gasteiger partial charge in [0, 0.05) is 21.6 Å². The maximum Gasteiger partial charge on any atom is 0.170 e. The van der Waals surface area contributed by atoms with Crippen LogP contribution < -0.4 is 11.1 Å². The second-order valence-corrected chi connectivity index (χ2v) is 5.45. The molecule has 0 aliphatic rings. The minimum absolute atomic E-state index is 0.0992. The van der Waals surface area contributed by atoms with Crippen LogP contribution in [0.4, 0.5) is 5.69 Å². The van der Waals surface area contributed by atoms with E-state index in [2.05, 4.69) is 26.4 Å². The quantitative estimate of drug-likeness (QED) is 0.338. The molecule has 0 aromatic heterocycles. The zero-order valence-electron chi connectivity index (χ0n) is 10.5. The van der Waals surface area contributed by atoms with Gasteiger partial charge in [-0.15, -0.1) is 0 Å². The summed E-state index contributed by atoms with van der Waals surface area (Å²) in [7, 11) is 0. The molecule has 0 saturated carbocycles. The van der Waals surface area contributed by atoms with E-state index >= 15 is 0 Å². The average molecular weight is 355 g/mol. The van der Waals surface area contributed by atoms with Crippen molar-refractivity contribution in [2.24, 2.45) is 10.9 Å². The fourth-order valence-corrected chi connectivity index (χ4v) is 2.24. The summed E-state index contributed by atoms with van der Waals surface area (Å²) < 4.78 is 0.954. The van der Waals surface area contributed by atoms with Gasteiger partial charge >= 0.3 is 0 Å². The molecular weight excluding hydrogens is 342 g/mol. The van der Waals surface area contributed by atoms with Crippen molar-refractivity contribution in [2.45, 2.75) is 6.54 Å². The molecule has 0 unspecified atom stereocenters. The monoisotopic (exact) mass is 353 g/mol. The standard InChI is InChI=1S/C14H13BrClN3O/c15-12-6-5-11(16)7-13(12)18-8-9-1-3-10(4-2-9)14(17)19-20/h1-7,18,20H,8H2,(H2,17,19). The van der Waals surface area contributed by atoms with Gasteiger partial charge < -0.3 is 16.3 Å². The Hall–Kier alpha value is -1.72. The second kappa shape index (κ2) is 6.63. The summed E-state index contributed by atoms with van der Waals surface area (Å²) in [6.45, 7) is 0.648. The highest BCUT2D eigenvalue weighted by molar-refractivity contribution is 9.10. The van der Waals surface area contributed by atoms with Crippen LogP contribution in [-0.2, 0) is 6.54 Å². The molecule has 2 aromatic rings. The topological polar surface area (TPSA) is 70.6 Å². The number of hydrogen-bond acceptors (Lipinski definition) is 3. The summed E-state index contributed by atoms with van der Waals surface area (Å²) in [6, 6.07) is 13.0. The molecule has 0 radical (unpaired) electrons. The van der Waals surface area contributed by atoms with E-state index in [1.54, 1.807) is 12.1 Å². The summed E-state index contributed by atoms with van der Waals surface area (Å²) in [5.74, 6) is 0.0992. The lowest BCUT2D eigenvalue weighted by molar-refractivity contribution is 0.318.